The minimum absolute atomic E-state index is 0.424. The molecule has 0 spiro atoms. The van der Waals surface area contributed by atoms with E-state index in [1.165, 1.54) is 17.3 Å². The molecular weight excluding hydrogens is 314 g/mol. The van der Waals surface area contributed by atoms with Crippen LogP contribution in [0.4, 0.5) is 4.79 Å². The molecule has 2 aromatic carbocycles. The lowest BCUT2D eigenvalue weighted by Crippen LogP contribution is -2.27. The van der Waals surface area contributed by atoms with Crippen molar-refractivity contribution >= 4 is 6.09 Å². The Labute approximate surface area is 146 Å². The van der Waals surface area contributed by atoms with Gasteiger partial charge in [0.15, 0.2) is 0 Å². The average molecular weight is 333 g/mol. The number of hydrogen-bond donors (Lipinski definition) is 1. The molecule has 0 radical (unpaired) electrons. The first-order chi connectivity index (χ1) is 11.9. The van der Waals surface area contributed by atoms with Crippen LogP contribution in [0.15, 0.2) is 59.5 Å². The predicted octanol–water partition coefficient (Wildman–Crippen LogP) is 4.63. The van der Waals surface area contributed by atoms with Crippen molar-refractivity contribution in [3.8, 4) is 22.3 Å². The second-order valence-corrected chi connectivity index (χ2v) is 6.16. The van der Waals surface area contributed by atoms with Gasteiger partial charge in [-0.05, 0) is 60.2 Å². The summed E-state index contributed by atoms with van der Waals surface area (Å²) in [6.07, 6.45) is 0.0307. The second kappa shape index (κ2) is 6.40. The Bertz CT molecular complexity index is 1030. The zero-order valence-corrected chi connectivity index (χ0v) is 14.4. The van der Waals surface area contributed by atoms with Crippen molar-refractivity contribution in [2.75, 3.05) is 0 Å². The van der Waals surface area contributed by atoms with Crippen molar-refractivity contribution < 1.29 is 9.90 Å². The molecule has 0 aliphatic rings. The molecule has 126 valence electrons. The maximum absolute atomic E-state index is 12.2. The summed E-state index contributed by atoms with van der Waals surface area (Å²) in [7, 11) is 0. The van der Waals surface area contributed by atoms with Crippen LogP contribution in [-0.4, -0.2) is 15.8 Å². The van der Waals surface area contributed by atoms with E-state index >= 15 is 0 Å². The molecule has 0 fully saturated rings. The van der Waals surface area contributed by atoms with Gasteiger partial charge in [-0.1, -0.05) is 42.5 Å². The zero-order valence-electron chi connectivity index (χ0n) is 14.4. The normalized spacial score (nSPS) is 10.7. The van der Waals surface area contributed by atoms with Crippen molar-refractivity contribution in [1.29, 1.82) is 0 Å². The molecule has 0 bridgehead atoms. The lowest BCUT2D eigenvalue weighted by atomic mass is 9.93. The standard InChI is InChI=1S/C21H19NO3/c1-13-6-4-5-7-17(13)18-9-8-16(12-14(18)2)19-10-11-22(21(24)25)20(23)15(19)3/h4-12H,1-3H3,(H,24,25). The van der Waals surface area contributed by atoms with Gasteiger partial charge in [-0.25, -0.2) is 9.36 Å². The van der Waals surface area contributed by atoms with Crippen LogP contribution in [0.2, 0.25) is 0 Å². The van der Waals surface area contributed by atoms with Gasteiger partial charge in [0, 0.05) is 11.8 Å². The Morgan fingerprint density at radius 2 is 1.56 bits per heavy atom. The molecule has 4 heteroatoms. The molecule has 25 heavy (non-hydrogen) atoms. The number of carboxylic acid groups (broad SMARTS) is 1. The zero-order chi connectivity index (χ0) is 18.1. The monoisotopic (exact) mass is 333 g/mol. The highest BCUT2D eigenvalue weighted by molar-refractivity contribution is 5.77. The number of pyridine rings is 1. The smallest absolute Gasteiger partial charge is 0.418 e. The van der Waals surface area contributed by atoms with Crippen LogP contribution < -0.4 is 5.56 Å². The van der Waals surface area contributed by atoms with E-state index < -0.39 is 11.7 Å². The largest absolute Gasteiger partial charge is 0.464 e. The highest BCUT2D eigenvalue weighted by Gasteiger charge is 2.13. The Hall–Kier alpha value is -3.14. The summed E-state index contributed by atoms with van der Waals surface area (Å²) in [5.74, 6) is 0. The molecule has 1 heterocycles. The third kappa shape index (κ3) is 2.98. The fraction of sp³-hybridized carbons (Fsp3) is 0.143. The molecule has 1 aromatic heterocycles. The Balaban J connectivity index is 2.11. The second-order valence-electron chi connectivity index (χ2n) is 6.16. The van der Waals surface area contributed by atoms with Crippen LogP contribution in [-0.2, 0) is 0 Å². The number of benzene rings is 2. The quantitative estimate of drug-likeness (QED) is 0.743. The Kier molecular flexibility index (Phi) is 4.28. The summed E-state index contributed by atoms with van der Waals surface area (Å²) in [5, 5.41) is 9.05. The third-order valence-corrected chi connectivity index (χ3v) is 4.51. The molecular formula is C21H19NO3. The number of rotatable bonds is 2. The van der Waals surface area contributed by atoms with Gasteiger partial charge in [0.25, 0.3) is 5.56 Å². The number of aromatic nitrogens is 1. The lowest BCUT2D eigenvalue weighted by molar-refractivity contribution is 0.195. The van der Waals surface area contributed by atoms with Gasteiger partial charge >= 0.3 is 6.09 Å². The SMILES string of the molecule is Cc1ccccc1-c1ccc(-c2ccn(C(=O)O)c(=O)c2C)cc1C. The highest BCUT2D eigenvalue weighted by atomic mass is 16.4. The third-order valence-electron chi connectivity index (χ3n) is 4.51. The fourth-order valence-electron chi connectivity index (χ4n) is 3.11. The molecule has 4 nitrogen and oxygen atoms in total. The van der Waals surface area contributed by atoms with Crippen molar-refractivity contribution in [2.45, 2.75) is 20.8 Å². The van der Waals surface area contributed by atoms with Crippen molar-refractivity contribution in [3.05, 3.63) is 81.8 Å². The molecule has 0 amide bonds. The maximum Gasteiger partial charge on any atom is 0.418 e. The average Bonchev–Trinajstić information content (AvgIpc) is 2.58. The van der Waals surface area contributed by atoms with E-state index in [9.17, 15) is 9.59 Å². The van der Waals surface area contributed by atoms with E-state index in [4.69, 9.17) is 5.11 Å². The number of carbonyl (C=O) groups is 1. The van der Waals surface area contributed by atoms with Gasteiger partial charge in [-0.2, -0.15) is 0 Å². The lowest BCUT2D eigenvalue weighted by Gasteiger charge is -2.13. The van der Waals surface area contributed by atoms with Gasteiger partial charge in [0.2, 0.25) is 0 Å². The van der Waals surface area contributed by atoms with Crippen LogP contribution in [0, 0.1) is 20.8 Å². The van der Waals surface area contributed by atoms with E-state index in [0.717, 1.165) is 22.3 Å². The number of aryl methyl sites for hydroxylation is 2. The molecule has 1 N–H and O–H groups in total. The fourth-order valence-corrected chi connectivity index (χ4v) is 3.11. The topological polar surface area (TPSA) is 59.3 Å². The van der Waals surface area contributed by atoms with E-state index in [1.807, 2.05) is 31.2 Å². The van der Waals surface area contributed by atoms with Crippen LogP contribution in [0.3, 0.4) is 0 Å². The predicted molar refractivity (Wildman–Crippen MR) is 99.2 cm³/mol. The van der Waals surface area contributed by atoms with Crippen LogP contribution in [0.1, 0.15) is 16.7 Å². The molecule has 0 aliphatic heterocycles. The van der Waals surface area contributed by atoms with Gasteiger partial charge in [0.1, 0.15) is 0 Å². The van der Waals surface area contributed by atoms with Crippen molar-refractivity contribution in [3.63, 3.8) is 0 Å². The summed E-state index contributed by atoms with van der Waals surface area (Å²) in [5.41, 5.74) is 6.22. The van der Waals surface area contributed by atoms with Crippen LogP contribution in [0.5, 0.6) is 0 Å². The van der Waals surface area contributed by atoms with E-state index in [0.29, 0.717) is 10.1 Å². The van der Waals surface area contributed by atoms with Gasteiger partial charge in [0.05, 0.1) is 0 Å². The van der Waals surface area contributed by atoms with Gasteiger partial charge in [-0.15, -0.1) is 0 Å². The van der Waals surface area contributed by atoms with Crippen LogP contribution in [0.25, 0.3) is 22.3 Å². The number of nitrogens with zero attached hydrogens (tertiary/aromatic N) is 1. The summed E-state index contributed by atoms with van der Waals surface area (Å²) in [4.78, 5) is 23.3. The summed E-state index contributed by atoms with van der Waals surface area (Å²) < 4.78 is 0.702. The molecule has 3 rings (SSSR count). The van der Waals surface area contributed by atoms with E-state index in [2.05, 4.69) is 25.1 Å². The Morgan fingerprint density at radius 1 is 0.880 bits per heavy atom. The summed E-state index contributed by atoms with van der Waals surface area (Å²) in [6, 6.07) is 15.9. The van der Waals surface area contributed by atoms with Gasteiger partial charge < -0.3 is 5.11 Å². The molecule has 3 aromatic rings. The molecule has 0 saturated heterocycles. The maximum atomic E-state index is 12.2. The van der Waals surface area contributed by atoms with Gasteiger partial charge in [-0.3, -0.25) is 4.79 Å². The van der Waals surface area contributed by atoms with E-state index in [1.54, 1.807) is 13.0 Å². The minimum Gasteiger partial charge on any atom is -0.464 e. The first kappa shape index (κ1) is 16.7. The molecule has 0 atom stereocenters. The summed E-state index contributed by atoms with van der Waals surface area (Å²) in [6.45, 7) is 5.78. The minimum atomic E-state index is -1.27. The van der Waals surface area contributed by atoms with Crippen molar-refractivity contribution in [2.24, 2.45) is 0 Å². The summed E-state index contributed by atoms with van der Waals surface area (Å²) >= 11 is 0. The first-order valence-corrected chi connectivity index (χ1v) is 8.02. The molecule has 0 aliphatic carbocycles. The Morgan fingerprint density at radius 3 is 2.20 bits per heavy atom. The van der Waals surface area contributed by atoms with Crippen LogP contribution >= 0.6 is 0 Å². The number of hydrogen-bond acceptors (Lipinski definition) is 2. The van der Waals surface area contributed by atoms with E-state index in [-0.39, 0.29) is 0 Å². The molecule has 0 unspecified atom stereocenters. The molecule has 0 saturated carbocycles. The highest BCUT2D eigenvalue weighted by Crippen LogP contribution is 2.30. The van der Waals surface area contributed by atoms with Crippen molar-refractivity contribution in [1.82, 2.24) is 4.57 Å². The first-order valence-electron chi connectivity index (χ1n) is 8.02.